The first-order chi connectivity index (χ1) is 16.7. The van der Waals surface area contributed by atoms with Gasteiger partial charge in [0.15, 0.2) is 0 Å². The second-order valence-electron chi connectivity index (χ2n) is 11.7. The van der Waals surface area contributed by atoms with Crippen LogP contribution in [0, 0.1) is 5.92 Å². The summed E-state index contributed by atoms with van der Waals surface area (Å²) < 4.78 is 23.4. The van der Waals surface area contributed by atoms with Crippen molar-refractivity contribution in [2.75, 3.05) is 40.9 Å². The van der Waals surface area contributed by atoms with Crippen molar-refractivity contribution in [3.05, 3.63) is 0 Å². The molecule has 5 nitrogen and oxygen atoms in total. The second kappa shape index (κ2) is 23.2. The van der Waals surface area contributed by atoms with Crippen molar-refractivity contribution in [2.24, 2.45) is 5.92 Å². The zero-order valence-corrected chi connectivity index (χ0v) is 25.3. The number of hydrogen-bond donors (Lipinski definition) is 0. The Hall–Kier alpha value is 0.0700. The quantitative estimate of drug-likeness (QED) is 0.0619. The Labute approximate surface area is 219 Å². The van der Waals surface area contributed by atoms with Crippen molar-refractivity contribution in [1.82, 2.24) is 0 Å². The summed E-state index contributed by atoms with van der Waals surface area (Å²) in [6.45, 7) is 5.61. The van der Waals surface area contributed by atoms with E-state index in [1.54, 1.807) is 0 Å². The molecule has 0 aromatic carbocycles. The number of quaternary nitrogens is 1. The zero-order valence-electron chi connectivity index (χ0n) is 24.4. The van der Waals surface area contributed by atoms with Gasteiger partial charge in [0.25, 0.3) is 7.82 Å². The van der Waals surface area contributed by atoms with Crippen LogP contribution >= 0.6 is 7.82 Å². The highest BCUT2D eigenvalue weighted by Gasteiger charge is 2.17. The van der Waals surface area contributed by atoms with Gasteiger partial charge >= 0.3 is 0 Å². The molecule has 0 aromatic heterocycles. The van der Waals surface area contributed by atoms with Gasteiger partial charge in [-0.15, -0.1) is 0 Å². The largest absolute Gasteiger partial charge is 0.756 e. The van der Waals surface area contributed by atoms with Crippen LogP contribution in [0.5, 0.6) is 0 Å². The molecule has 2 unspecified atom stereocenters. The Balaban J connectivity index is 4.22. The molecule has 212 valence electrons. The molecule has 6 heteroatoms. The Bertz CT molecular complexity index is 496. The van der Waals surface area contributed by atoms with E-state index in [1.807, 2.05) is 21.1 Å². The molecule has 0 aliphatic carbocycles. The van der Waals surface area contributed by atoms with E-state index in [1.165, 1.54) is 116 Å². The normalized spacial score (nSPS) is 14.8. The van der Waals surface area contributed by atoms with Crippen LogP contribution in [-0.4, -0.2) is 45.4 Å². The SMILES string of the molecule is CCCCCCCCCCCCC(CCCCCCCCCC)COP(=O)([O-])OCC[N+](C)(C)C. The van der Waals surface area contributed by atoms with E-state index in [0.29, 0.717) is 16.9 Å². The van der Waals surface area contributed by atoms with Gasteiger partial charge in [0.05, 0.1) is 27.7 Å². The van der Waals surface area contributed by atoms with E-state index in [9.17, 15) is 9.46 Å². The van der Waals surface area contributed by atoms with Crippen LogP contribution in [0.4, 0.5) is 0 Å². The Morgan fingerprint density at radius 1 is 0.629 bits per heavy atom. The number of rotatable bonds is 27. The monoisotopic (exact) mass is 519 g/mol. The van der Waals surface area contributed by atoms with Gasteiger partial charge in [-0.25, -0.2) is 0 Å². The lowest BCUT2D eigenvalue weighted by molar-refractivity contribution is -0.870. The van der Waals surface area contributed by atoms with Gasteiger partial charge in [-0.1, -0.05) is 129 Å². The Kier molecular flexibility index (Phi) is 23.3. The number of likely N-dealkylation sites (N-methyl/N-ethyl adjacent to an activating group) is 1. The van der Waals surface area contributed by atoms with E-state index in [2.05, 4.69) is 13.8 Å². The van der Waals surface area contributed by atoms with Crippen molar-refractivity contribution >= 4 is 7.82 Å². The predicted octanol–water partition coefficient (Wildman–Crippen LogP) is 8.65. The third-order valence-electron chi connectivity index (χ3n) is 6.91. The second-order valence-corrected chi connectivity index (χ2v) is 13.1. The van der Waals surface area contributed by atoms with Gasteiger partial charge in [-0.05, 0) is 18.8 Å². The lowest BCUT2D eigenvalue weighted by Crippen LogP contribution is -2.37. The highest BCUT2D eigenvalue weighted by atomic mass is 31.2. The van der Waals surface area contributed by atoms with Crippen LogP contribution < -0.4 is 4.89 Å². The molecule has 0 rings (SSSR count). The number of phosphoric acid groups is 1. The summed E-state index contributed by atoms with van der Waals surface area (Å²) in [5, 5.41) is 0. The summed E-state index contributed by atoms with van der Waals surface area (Å²) in [6, 6.07) is 0. The van der Waals surface area contributed by atoms with Crippen LogP contribution in [0.2, 0.25) is 0 Å². The highest BCUT2D eigenvalue weighted by Crippen LogP contribution is 2.39. The van der Waals surface area contributed by atoms with Crippen LogP contribution in [-0.2, 0) is 13.6 Å². The molecule has 0 saturated carbocycles. The molecule has 0 saturated heterocycles. The first-order valence-electron chi connectivity index (χ1n) is 15.1. The van der Waals surface area contributed by atoms with E-state index in [4.69, 9.17) is 9.05 Å². The lowest BCUT2D eigenvalue weighted by atomic mass is 9.94. The van der Waals surface area contributed by atoms with Crippen molar-refractivity contribution in [3.63, 3.8) is 0 Å². The van der Waals surface area contributed by atoms with E-state index < -0.39 is 7.82 Å². The molecule has 0 aliphatic rings. The minimum absolute atomic E-state index is 0.172. The summed E-state index contributed by atoms with van der Waals surface area (Å²) in [6.07, 6.45) is 25.8. The first-order valence-corrected chi connectivity index (χ1v) is 16.6. The number of nitrogens with zero attached hydrogens (tertiary/aromatic N) is 1. The predicted molar refractivity (Wildman–Crippen MR) is 150 cm³/mol. The number of hydrogen-bond acceptors (Lipinski definition) is 4. The topological polar surface area (TPSA) is 58.6 Å². The van der Waals surface area contributed by atoms with Gasteiger partial charge < -0.3 is 18.4 Å². The molecule has 2 atom stereocenters. The lowest BCUT2D eigenvalue weighted by Gasteiger charge is -2.28. The molecule has 0 amide bonds. The fourth-order valence-electron chi connectivity index (χ4n) is 4.46. The molecular formula is C29H62NO4P. The van der Waals surface area contributed by atoms with Crippen LogP contribution in [0.3, 0.4) is 0 Å². The Morgan fingerprint density at radius 2 is 1.00 bits per heavy atom. The smallest absolute Gasteiger partial charge is 0.268 e. The van der Waals surface area contributed by atoms with E-state index >= 15 is 0 Å². The highest BCUT2D eigenvalue weighted by molar-refractivity contribution is 7.45. The fourth-order valence-corrected chi connectivity index (χ4v) is 5.23. The molecule has 0 fully saturated rings. The van der Waals surface area contributed by atoms with Gasteiger partial charge in [-0.3, -0.25) is 4.57 Å². The average Bonchev–Trinajstić information content (AvgIpc) is 2.78. The molecular weight excluding hydrogens is 457 g/mol. The molecule has 0 spiro atoms. The van der Waals surface area contributed by atoms with Gasteiger partial charge in [-0.2, -0.15) is 0 Å². The minimum Gasteiger partial charge on any atom is -0.756 e. The Morgan fingerprint density at radius 3 is 1.37 bits per heavy atom. The van der Waals surface area contributed by atoms with Crippen molar-refractivity contribution < 1.29 is 23.0 Å². The van der Waals surface area contributed by atoms with Crippen molar-refractivity contribution in [3.8, 4) is 0 Å². The van der Waals surface area contributed by atoms with E-state index in [0.717, 1.165) is 12.8 Å². The van der Waals surface area contributed by atoms with Crippen LogP contribution in [0.15, 0.2) is 0 Å². The van der Waals surface area contributed by atoms with Crippen LogP contribution in [0.25, 0.3) is 0 Å². The molecule has 0 bridgehead atoms. The average molecular weight is 520 g/mol. The molecule has 35 heavy (non-hydrogen) atoms. The summed E-state index contributed by atoms with van der Waals surface area (Å²) in [5.74, 6) is 0.313. The van der Waals surface area contributed by atoms with E-state index in [-0.39, 0.29) is 13.2 Å². The van der Waals surface area contributed by atoms with Crippen molar-refractivity contribution in [1.29, 1.82) is 0 Å². The molecule has 0 radical (unpaired) electrons. The standard InChI is InChI=1S/C29H62NO4P/c1-6-8-10-12-14-16-17-19-21-23-25-29(24-22-20-18-15-13-11-9-7-2)28-34-35(31,32)33-27-26-30(3,4)5/h29H,6-28H2,1-5H3. The molecule has 0 aliphatic heterocycles. The maximum Gasteiger partial charge on any atom is 0.268 e. The van der Waals surface area contributed by atoms with Gasteiger partial charge in [0.2, 0.25) is 0 Å². The molecule has 0 aromatic rings. The summed E-state index contributed by atoms with van der Waals surface area (Å²) in [7, 11) is 1.84. The van der Waals surface area contributed by atoms with Crippen LogP contribution in [0.1, 0.15) is 142 Å². The summed E-state index contributed by atoms with van der Waals surface area (Å²) >= 11 is 0. The summed E-state index contributed by atoms with van der Waals surface area (Å²) in [4.78, 5) is 12.2. The number of phosphoric ester groups is 1. The minimum atomic E-state index is -4.22. The third-order valence-corrected chi connectivity index (χ3v) is 7.88. The van der Waals surface area contributed by atoms with Crippen molar-refractivity contribution in [2.45, 2.75) is 142 Å². The molecule has 0 N–H and O–H groups in total. The number of unbranched alkanes of at least 4 members (excludes halogenated alkanes) is 16. The first kappa shape index (κ1) is 35.1. The molecule has 0 heterocycles. The maximum absolute atomic E-state index is 12.2. The zero-order chi connectivity index (χ0) is 26.3. The van der Waals surface area contributed by atoms with Gasteiger partial charge in [0.1, 0.15) is 13.2 Å². The fraction of sp³-hybridized carbons (Fsp3) is 1.00. The summed E-state index contributed by atoms with van der Waals surface area (Å²) in [5.41, 5.74) is 0. The van der Waals surface area contributed by atoms with Gasteiger partial charge in [0, 0.05) is 0 Å². The maximum atomic E-state index is 12.2. The third kappa shape index (κ3) is 26.9.